The largest absolute Gasteiger partial charge is 0.378 e. The summed E-state index contributed by atoms with van der Waals surface area (Å²) in [7, 11) is 0. The number of rotatable bonds is 5. The van der Waals surface area contributed by atoms with Gasteiger partial charge in [0.25, 0.3) is 0 Å². The van der Waals surface area contributed by atoms with Crippen LogP contribution in [0.1, 0.15) is 18.7 Å². The first-order chi connectivity index (χ1) is 14.6. The van der Waals surface area contributed by atoms with Crippen LogP contribution in [0.3, 0.4) is 0 Å². The molecule has 0 saturated carbocycles. The van der Waals surface area contributed by atoms with Crippen LogP contribution in [0.5, 0.6) is 0 Å². The Bertz CT molecular complexity index is 902. The molecule has 0 atom stereocenters. The number of halogens is 2. The van der Waals surface area contributed by atoms with Gasteiger partial charge in [-0.05, 0) is 25.0 Å². The van der Waals surface area contributed by atoms with Crippen molar-refractivity contribution in [3.63, 3.8) is 0 Å². The molecule has 2 N–H and O–H groups in total. The van der Waals surface area contributed by atoms with Crippen molar-refractivity contribution >= 4 is 23.6 Å². The molecule has 11 heteroatoms. The molecule has 2 aliphatic heterocycles. The Kier molecular flexibility index (Phi) is 6.17. The lowest BCUT2D eigenvalue weighted by Crippen LogP contribution is -2.38. The van der Waals surface area contributed by atoms with Crippen molar-refractivity contribution in [1.29, 1.82) is 0 Å². The van der Waals surface area contributed by atoms with E-state index in [1.807, 2.05) is 4.90 Å². The molecule has 1 aromatic heterocycles. The molecule has 2 aliphatic rings. The van der Waals surface area contributed by atoms with E-state index < -0.39 is 17.7 Å². The minimum Gasteiger partial charge on any atom is -0.378 e. The van der Waals surface area contributed by atoms with Gasteiger partial charge in [-0.1, -0.05) is 0 Å². The second-order valence-corrected chi connectivity index (χ2v) is 7.08. The van der Waals surface area contributed by atoms with Crippen LogP contribution in [-0.4, -0.2) is 60.4 Å². The molecular weight excluding hydrogens is 396 g/mol. The van der Waals surface area contributed by atoms with E-state index in [1.165, 1.54) is 6.07 Å². The lowest BCUT2D eigenvalue weighted by atomic mass is 10.3. The van der Waals surface area contributed by atoms with E-state index in [0.29, 0.717) is 44.0 Å². The first-order valence-electron chi connectivity index (χ1n) is 9.91. The Hall–Kier alpha value is -3.08. The van der Waals surface area contributed by atoms with Gasteiger partial charge in [0.2, 0.25) is 11.9 Å². The number of hydrogen-bond donors (Lipinski definition) is 2. The van der Waals surface area contributed by atoms with Gasteiger partial charge in [-0.2, -0.15) is 15.0 Å². The van der Waals surface area contributed by atoms with Gasteiger partial charge in [0, 0.05) is 37.9 Å². The van der Waals surface area contributed by atoms with Crippen molar-refractivity contribution in [1.82, 2.24) is 20.3 Å². The van der Waals surface area contributed by atoms with Crippen molar-refractivity contribution in [2.45, 2.75) is 19.4 Å². The van der Waals surface area contributed by atoms with E-state index in [2.05, 4.69) is 30.5 Å². The SMILES string of the molecule is O=C(NCc1nc(N2CCCC2)nc(N2CCOCC2)n1)Nc1ccc(F)c(F)c1. The third-order valence-corrected chi connectivity index (χ3v) is 4.93. The van der Waals surface area contributed by atoms with Crippen LogP contribution in [0.4, 0.5) is 31.2 Å². The quantitative estimate of drug-likeness (QED) is 0.764. The molecule has 0 bridgehead atoms. The van der Waals surface area contributed by atoms with Crippen LogP contribution in [0.15, 0.2) is 18.2 Å². The number of amides is 2. The number of morpholine rings is 1. The minimum atomic E-state index is -1.03. The maximum atomic E-state index is 13.3. The number of urea groups is 1. The molecule has 2 fully saturated rings. The van der Waals surface area contributed by atoms with Crippen LogP contribution in [0.2, 0.25) is 0 Å². The van der Waals surface area contributed by atoms with Crippen LogP contribution in [0, 0.1) is 11.6 Å². The van der Waals surface area contributed by atoms with Gasteiger partial charge in [0.1, 0.15) is 0 Å². The Labute approximate surface area is 172 Å². The molecule has 2 amide bonds. The van der Waals surface area contributed by atoms with E-state index in [0.717, 1.165) is 38.1 Å². The van der Waals surface area contributed by atoms with E-state index in [9.17, 15) is 13.6 Å². The highest BCUT2D eigenvalue weighted by atomic mass is 19.2. The van der Waals surface area contributed by atoms with Crippen LogP contribution in [0.25, 0.3) is 0 Å². The number of nitrogens with one attached hydrogen (secondary N) is 2. The highest BCUT2D eigenvalue weighted by Crippen LogP contribution is 2.19. The number of anilines is 3. The topological polar surface area (TPSA) is 95.5 Å². The highest BCUT2D eigenvalue weighted by molar-refractivity contribution is 5.89. The zero-order valence-electron chi connectivity index (χ0n) is 16.4. The number of nitrogens with zero attached hydrogens (tertiary/aromatic N) is 5. The molecule has 0 aliphatic carbocycles. The Morgan fingerprint density at radius 3 is 2.30 bits per heavy atom. The second-order valence-electron chi connectivity index (χ2n) is 7.08. The van der Waals surface area contributed by atoms with Crippen molar-refractivity contribution in [3.05, 3.63) is 35.7 Å². The lowest BCUT2D eigenvalue weighted by Gasteiger charge is -2.28. The van der Waals surface area contributed by atoms with Gasteiger partial charge in [-0.3, -0.25) is 0 Å². The zero-order chi connectivity index (χ0) is 20.9. The number of carbonyl (C=O) groups is 1. The van der Waals surface area contributed by atoms with E-state index >= 15 is 0 Å². The first-order valence-corrected chi connectivity index (χ1v) is 9.91. The average molecular weight is 419 g/mol. The number of aromatic nitrogens is 3. The Morgan fingerprint density at radius 2 is 1.63 bits per heavy atom. The van der Waals surface area contributed by atoms with E-state index in [-0.39, 0.29) is 12.2 Å². The molecule has 1 aromatic carbocycles. The molecule has 3 heterocycles. The maximum absolute atomic E-state index is 13.3. The van der Waals surface area contributed by atoms with Crippen molar-refractivity contribution in [2.75, 3.05) is 54.5 Å². The molecule has 0 unspecified atom stereocenters. The number of hydrogen-bond acceptors (Lipinski definition) is 7. The normalized spacial score (nSPS) is 16.6. The molecule has 9 nitrogen and oxygen atoms in total. The monoisotopic (exact) mass is 419 g/mol. The number of benzene rings is 1. The summed E-state index contributed by atoms with van der Waals surface area (Å²) in [6.07, 6.45) is 2.17. The summed E-state index contributed by atoms with van der Waals surface area (Å²) in [5.74, 6) is -0.421. The molecule has 0 radical (unpaired) electrons. The van der Waals surface area contributed by atoms with Crippen LogP contribution in [-0.2, 0) is 11.3 Å². The summed E-state index contributed by atoms with van der Waals surface area (Å²) >= 11 is 0. The van der Waals surface area contributed by atoms with Crippen molar-refractivity contribution in [3.8, 4) is 0 Å². The van der Waals surface area contributed by atoms with Gasteiger partial charge >= 0.3 is 6.03 Å². The first kappa shape index (κ1) is 20.2. The predicted octanol–water partition coefficient (Wildman–Crippen LogP) is 1.91. The van der Waals surface area contributed by atoms with Crippen molar-refractivity contribution < 1.29 is 18.3 Å². The van der Waals surface area contributed by atoms with E-state index in [4.69, 9.17) is 4.74 Å². The van der Waals surface area contributed by atoms with E-state index in [1.54, 1.807) is 0 Å². The fourth-order valence-corrected chi connectivity index (χ4v) is 3.35. The molecule has 30 heavy (non-hydrogen) atoms. The minimum absolute atomic E-state index is 0.0657. The molecular formula is C19H23F2N7O2. The summed E-state index contributed by atoms with van der Waals surface area (Å²) in [5, 5.41) is 5.11. The Morgan fingerprint density at radius 1 is 0.967 bits per heavy atom. The summed E-state index contributed by atoms with van der Waals surface area (Å²) in [6, 6.07) is 2.58. The summed E-state index contributed by atoms with van der Waals surface area (Å²) in [5.41, 5.74) is 0.147. The molecule has 2 aromatic rings. The number of carbonyl (C=O) groups excluding carboxylic acids is 1. The lowest BCUT2D eigenvalue weighted by molar-refractivity contribution is 0.122. The summed E-state index contributed by atoms with van der Waals surface area (Å²) in [6.45, 7) is 4.42. The molecule has 160 valence electrons. The second kappa shape index (κ2) is 9.16. The number of ether oxygens (including phenoxy) is 1. The third kappa shape index (κ3) is 4.90. The fourth-order valence-electron chi connectivity index (χ4n) is 3.35. The Balaban J connectivity index is 1.45. The van der Waals surface area contributed by atoms with Gasteiger partial charge in [0.15, 0.2) is 17.5 Å². The summed E-state index contributed by atoms with van der Waals surface area (Å²) < 4.78 is 31.7. The zero-order valence-corrected chi connectivity index (χ0v) is 16.4. The maximum Gasteiger partial charge on any atom is 0.319 e. The average Bonchev–Trinajstić information content (AvgIpc) is 3.30. The highest BCUT2D eigenvalue weighted by Gasteiger charge is 2.21. The molecule has 0 spiro atoms. The van der Waals surface area contributed by atoms with Crippen LogP contribution >= 0.6 is 0 Å². The smallest absolute Gasteiger partial charge is 0.319 e. The van der Waals surface area contributed by atoms with Gasteiger partial charge in [-0.25, -0.2) is 13.6 Å². The summed E-state index contributed by atoms with van der Waals surface area (Å²) in [4.78, 5) is 29.9. The van der Waals surface area contributed by atoms with Gasteiger partial charge in [-0.15, -0.1) is 0 Å². The van der Waals surface area contributed by atoms with Gasteiger partial charge in [0.05, 0.1) is 19.8 Å². The van der Waals surface area contributed by atoms with Gasteiger partial charge < -0.3 is 25.2 Å². The predicted molar refractivity (Wildman–Crippen MR) is 107 cm³/mol. The standard InChI is InChI=1S/C19H23F2N7O2/c20-14-4-3-13(11-15(14)21)23-19(29)22-12-16-24-17(27-5-1-2-6-27)26-18(25-16)28-7-9-30-10-8-28/h3-4,11H,1-2,5-10,12H2,(H2,22,23,29). The van der Waals surface area contributed by atoms with Crippen molar-refractivity contribution in [2.24, 2.45) is 0 Å². The molecule has 2 saturated heterocycles. The fraction of sp³-hybridized carbons (Fsp3) is 0.474. The van der Waals surface area contributed by atoms with Crippen LogP contribution < -0.4 is 20.4 Å². The third-order valence-electron chi connectivity index (χ3n) is 4.93. The molecule has 4 rings (SSSR count).